The zero-order valence-corrected chi connectivity index (χ0v) is 34.3. The predicted molar refractivity (Wildman–Crippen MR) is 201 cm³/mol. The molecule has 3 rings (SSSR count). The summed E-state index contributed by atoms with van der Waals surface area (Å²) in [6.07, 6.45) is 0. The Kier molecular flexibility index (Phi) is 10.3. The van der Waals surface area contributed by atoms with Crippen LogP contribution in [0.15, 0.2) is 91.0 Å². The van der Waals surface area contributed by atoms with Crippen LogP contribution in [0.25, 0.3) is 0 Å². The van der Waals surface area contributed by atoms with Crippen LogP contribution in [0.2, 0.25) is 0 Å². The fraction of sp³-hybridized carbons (Fsp3) is 0.600. The van der Waals surface area contributed by atoms with E-state index in [-0.39, 0.29) is 45.3 Å². The van der Waals surface area contributed by atoms with Gasteiger partial charge in [-0.15, -0.1) is 0 Å². The normalized spacial score (nSPS) is 14.9. The van der Waals surface area contributed by atoms with Gasteiger partial charge in [0.1, 0.15) is 0 Å². The molecular formula is C45H69Cr. The van der Waals surface area contributed by atoms with E-state index >= 15 is 0 Å². The van der Waals surface area contributed by atoms with E-state index in [0.717, 1.165) is 0 Å². The van der Waals surface area contributed by atoms with Crippen molar-refractivity contribution in [1.29, 1.82) is 0 Å². The van der Waals surface area contributed by atoms with Gasteiger partial charge in [0, 0.05) is 0 Å². The van der Waals surface area contributed by atoms with Gasteiger partial charge in [-0.05, 0) is 0 Å². The molecule has 0 saturated carbocycles. The van der Waals surface area contributed by atoms with E-state index in [1.165, 1.54) is 16.7 Å². The maximum atomic E-state index is 2.57. The van der Waals surface area contributed by atoms with Gasteiger partial charge in [-0.3, -0.25) is 0 Å². The molecule has 0 aliphatic carbocycles. The van der Waals surface area contributed by atoms with Crippen molar-refractivity contribution in [3.63, 3.8) is 0 Å². The quantitative estimate of drug-likeness (QED) is 0.247. The van der Waals surface area contributed by atoms with E-state index in [0.29, 0.717) is 0 Å². The Labute approximate surface area is 290 Å². The van der Waals surface area contributed by atoms with Gasteiger partial charge in [0.15, 0.2) is 0 Å². The van der Waals surface area contributed by atoms with Crippen LogP contribution in [0.3, 0.4) is 0 Å². The zero-order valence-electron chi connectivity index (χ0n) is 33.1. The van der Waals surface area contributed by atoms with Crippen LogP contribution >= 0.6 is 0 Å². The van der Waals surface area contributed by atoms with Crippen molar-refractivity contribution in [2.24, 2.45) is 32.5 Å². The summed E-state index contributed by atoms with van der Waals surface area (Å²) in [5, 5.41) is 0. The van der Waals surface area contributed by atoms with Crippen molar-refractivity contribution in [1.82, 2.24) is 0 Å². The fourth-order valence-electron chi connectivity index (χ4n) is 10.9. The molecule has 0 amide bonds. The first-order valence-corrected chi connectivity index (χ1v) is 19.5. The molecule has 1 heteroatoms. The SMILES string of the molecule is CC(C)(C)[C](c1ccccc1)([Cr]([C](c1ccccc1)(C(C)(C)C)C(C)(C)C)[C](c1ccccc1)(C(C)(C)C)C(C)(C)C)C(C)(C)C. The van der Waals surface area contributed by atoms with Gasteiger partial charge in [-0.1, -0.05) is 0 Å². The second-order valence-electron chi connectivity index (χ2n) is 19.9. The Morgan fingerprint density at radius 3 is 0.543 bits per heavy atom. The Balaban J connectivity index is 3.09. The Morgan fingerprint density at radius 2 is 0.413 bits per heavy atom. The Bertz CT molecular complexity index is 1180. The molecule has 0 fully saturated rings. The third kappa shape index (κ3) is 5.69. The molecule has 0 unspecified atom stereocenters. The molecule has 0 aliphatic heterocycles. The van der Waals surface area contributed by atoms with E-state index in [1.54, 1.807) is 0 Å². The molecule has 3 aromatic rings. The summed E-state index contributed by atoms with van der Waals surface area (Å²) in [5.74, 6) is 0. The maximum absolute atomic E-state index is 2.57. The van der Waals surface area contributed by atoms with Crippen LogP contribution < -0.4 is 0 Å². The third-order valence-electron chi connectivity index (χ3n) is 10.8. The summed E-state index contributed by atoms with van der Waals surface area (Å²) >= 11 is -2.16. The summed E-state index contributed by atoms with van der Waals surface area (Å²) in [7, 11) is 0. The summed E-state index contributed by atoms with van der Waals surface area (Å²) < 4.78 is -0.559. The van der Waals surface area contributed by atoms with E-state index < -0.39 is 14.1 Å². The van der Waals surface area contributed by atoms with Gasteiger partial charge in [0.25, 0.3) is 0 Å². The number of rotatable bonds is 6. The average Bonchev–Trinajstić information content (AvgIpc) is 2.86. The molecule has 0 aromatic heterocycles. The van der Waals surface area contributed by atoms with Crippen molar-refractivity contribution >= 4 is 0 Å². The fourth-order valence-corrected chi connectivity index (χ4v) is 20.5. The molecule has 255 valence electrons. The van der Waals surface area contributed by atoms with Crippen LogP contribution in [0.5, 0.6) is 0 Å². The van der Waals surface area contributed by atoms with E-state index in [9.17, 15) is 0 Å². The average molecular weight is 662 g/mol. The van der Waals surface area contributed by atoms with Gasteiger partial charge in [0.2, 0.25) is 0 Å². The van der Waals surface area contributed by atoms with Crippen molar-refractivity contribution in [2.75, 3.05) is 0 Å². The summed E-state index contributed by atoms with van der Waals surface area (Å²) in [6.45, 7) is 46.3. The van der Waals surface area contributed by atoms with Crippen molar-refractivity contribution in [2.45, 2.75) is 137 Å². The molecule has 0 bridgehead atoms. The predicted octanol–water partition coefficient (Wildman–Crippen LogP) is 13.6. The molecule has 0 heterocycles. The first-order valence-electron chi connectivity index (χ1n) is 17.6. The number of benzene rings is 3. The summed E-state index contributed by atoms with van der Waals surface area (Å²) in [6, 6.07) is 35.5. The van der Waals surface area contributed by atoms with Gasteiger partial charge in [0.05, 0.1) is 0 Å². The van der Waals surface area contributed by atoms with E-state index in [1.807, 2.05) is 0 Å². The third-order valence-corrected chi connectivity index (χ3v) is 20.5. The molecule has 0 nitrogen and oxygen atoms in total. The van der Waals surface area contributed by atoms with E-state index in [4.69, 9.17) is 0 Å². The van der Waals surface area contributed by atoms with Gasteiger partial charge in [-0.25, -0.2) is 0 Å². The monoisotopic (exact) mass is 661 g/mol. The molecular weight excluding hydrogens is 592 g/mol. The molecule has 0 spiro atoms. The first kappa shape index (κ1) is 38.6. The van der Waals surface area contributed by atoms with Crippen molar-refractivity contribution < 1.29 is 14.1 Å². The minimum atomic E-state index is -2.16. The van der Waals surface area contributed by atoms with Crippen LogP contribution in [0, 0.1) is 32.5 Å². The van der Waals surface area contributed by atoms with Gasteiger partial charge >= 0.3 is 292 Å². The van der Waals surface area contributed by atoms with E-state index in [2.05, 4.69) is 216 Å². The topological polar surface area (TPSA) is 0 Å². The van der Waals surface area contributed by atoms with Crippen LogP contribution in [-0.2, 0) is 27.0 Å². The second kappa shape index (κ2) is 12.3. The Morgan fingerprint density at radius 1 is 0.261 bits per heavy atom. The molecule has 3 aromatic carbocycles. The van der Waals surface area contributed by atoms with Crippen molar-refractivity contribution in [3.8, 4) is 0 Å². The van der Waals surface area contributed by atoms with Crippen LogP contribution in [0.4, 0.5) is 0 Å². The second-order valence-corrected chi connectivity index (χ2v) is 23.8. The van der Waals surface area contributed by atoms with Crippen molar-refractivity contribution in [3.05, 3.63) is 108 Å². The number of hydrogen-bond donors (Lipinski definition) is 0. The van der Waals surface area contributed by atoms with Crippen LogP contribution in [0.1, 0.15) is 141 Å². The Hall–Kier alpha value is -1.81. The first-order chi connectivity index (χ1) is 20.7. The molecule has 46 heavy (non-hydrogen) atoms. The van der Waals surface area contributed by atoms with Crippen LogP contribution in [-0.4, -0.2) is 0 Å². The molecule has 0 N–H and O–H groups in total. The summed E-state index contributed by atoms with van der Waals surface area (Å²) in [5.41, 5.74) is 4.03. The molecule has 0 saturated heterocycles. The minimum absolute atomic E-state index is 0.0790. The number of hydrogen-bond acceptors (Lipinski definition) is 0. The van der Waals surface area contributed by atoms with Gasteiger partial charge in [-0.2, -0.15) is 0 Å². The standard InChI is InChI=1S/3C15H23.Cr/c3*1-14(2,3)13(15(4,5)6)12-10-8-7-9-11-12;/h3*7-11H,1-6H3;. The molecule has 0 aliphatic rings. The molecule has 0 atom stereocenters. The van der Waals surface area contributed by atoms with Gasteiger partial charge < -0.3 is 0 Å². The molecule has 0 radical (unpaired) electrons. The zero-order chi connectivity index (χ0) is 35.4. The summed E-state index contributed by atoms with van der Waals surface area (Å²) in [4.78, 5) is 0.